The van der Waals surface area contributed by atoms with Gasteiger partial charge < -0.3 is 0 Å². The van der Waals surface area contributed by atoms with Gasteiger partial charge in [0.1, 0.15) is 17.1 Å². The summed E-state index contributed by atoms with van der Waals surface area (Å²) in [5, 5.41) is 8.63. The summed E-state index contributed by atoms with van der Waals surface area (Å²) < 4.78 is 0. The van der Waals surface area contributed by atoms with E-state index in [1.807, 2.05) is 78.9 Å². The first-order valence-electron chi connectivity index (χ1n) is 8.19. The molecule has 2 aromatic heterocycles. The fourth-order valence-electron chi connectivity index (χ4n) is 2.46. The highest BCUT2D eigenvalue weighted by Crippen LogP contribution is 2.20. The number of aromatic nitrogens is 4. The first-order chi connectivity index (χ1) is 12.9. The van der Waals surface area contributed by atoms with Gasteiger partial charge in [-0.2, -0.15) is 0 Å². The van der Waals surface area contributed by atoms with E-state index in [4.69, 9.17) is 0 Å². The molecule has 0 N–H and O–H groups in total. The Morgan fingerprint density at radius 2 is 1.38 bits per heavy atom. The third-order valence-corrected chi connectivity index (χ3v) is 3.73. The van der Waals surface area contributed by atoms with E-state index in [0.717, 1.165) is 11.1 Å². The Hall–Kier alpha value is -3.84. The largest absolute Gasteiger partial charge is 0.253 e. The van der Waals surface area contributed by atoms with Gasteiger partial charge in [-0.3, -0.25) is 4.98 Å². The molecule has 2 aromatic carbocycles. The molecule has 2 heterocycles. The van der Waals surface area contributed by atoms with Gasteiger partial charge in [-0.25, -0.2) is 4.98 Å². The van der Waals surface area contributed by atoms with Crippen LogP contribution in [0.15, 0.2) is 85.1 Å². The average Bonchev–Trinajstić information content (AvgIpc) is 2.74. The second-order valence-electron chi connectivity index (χ2n) is 5.53. The summed E-state index contributed by atoms with van der Waals surface area (Å²) in [6, 6.07) is 25.2. The smallest absolute Gasteiger partial charge is 0.201 e. The molecule has 4 aromatic rings. The van der Waals surface area contributed by atoms with Gasteiger partial charge >= 0.3 is 0 Å². The zero-order valence-electron chi connectivity index (χ0n) is 13.9. The predicted molar refractivity (Wildman–Crippen MR) is 101 cm³/mol. The van der Waals surface area contributed by atoms with Gasteiger partial charge in [0.2, 0.25) is 5.82 Å². The van der Waals surface area contributed by atoms with Crippen LogP contribution in [-0.4, -0.2) is 20.2 Å². The van der Waals surface area contributed by atoms with Crippen LogP contribution in [0.25, 0.3) is 22.8 Å². The van der Waals surface area contributed by atoms with Crippen molar-refractivity contribution in [2.45, 2.75) is 0 Å². The van der Waals surface area contributed by atoms with Gasteiger partial charge in [-0.05, 0) is 30.2 Å². The lowest BCUT2D eigenvalue weighted by Gasteiger charge is -2.04. The minimum Gasteiger partial charge on any atom is -0.253 e. The van der Waals surface area contributed by atoms with Crippen LogP contribution in [0.4, 0.5) is 0 Å². The third kappa shape index (κ3) is 3.47. The monoisotopic (exact) mass is 334 g/mol. The Kier molecular flexibility index (Phi) is 4.44. The van der Waals surface area contributed by atoms with Crippen LogP contribution in [0.3, 0.4) is 0 Å². The molecular weight excluding hydrogens is 320 g/mol. The molecule has 122 valence electrons. The van der Waals surface area contributed by atoms with Gasteiger partial charge in [0.25, 0.3) is 0 Å². The fraction of sp³-hybridized carbons (Fsp3) is 0. The van der Waals surface area contributed by atoms with Crippen LogP contribution in [0.5, 0.6) is 0 Å². The Balaban J connectivity index is 1.83. The van der Waals surface area contributed by atoms with E-state index in [1.165, 1.54) is 0 Å². The SMILES string of the molecule is C(#Cc1nc(-c2ccccn2)nnc1-c1ccccc1)c1ccccc1. The second kappa shape index (κ2) is 7.37. The number of hydrogen-bond donors (Lipinski definition) is 0. The maximum Gasteiger partial charge on any atom is 0.201 e. The van der Waals surface area contributed by atoms with E-state index < -0.39 is 0 Å². The van der Waals surface area contributed by atoms with Crippen LogP contribution >= 0.6 is 0 Å². The van der Waals surface area contributed by atoms with Crippen LogP contribution < -0.4 is 0 Å². The molecular formula is C22H14N4. The van der Waals surface area contributed by atoms with Crippen molar-refractivity contribution < 1.29 is 0 Å². The lowest BCUT2D eigenvalue weighted by molar-refractivity contribution is 0.968. The van der Waals surface area contributed by atoms with Crippen molar-refractivity contribution in [2.75, 3.05) is 0 Å². The molecule has 0 aliphatic heterocycles. The summed E-state index contributed by atoms with van der Waals surface area (Å²) in [6.07, 6.45) is 1.71. The van der Waals surface area contributed by atoms with Gasteiger partial charge in [0.15, 0.2) is 0 Å². The number of benzene rings is 2. The first kappa shape index (κ1) is 15.7. The Labute approximate surface area is 151 Å². The Morgan fingerprint density at radius 3 is 2.12 bits per heavy atom. The minimum absolute atomic E-state index is 0.461. The standard InChI is InChI=1S/C22H14N4/c1-3-9-17(10-4-1)14-15-19-21(18-11-5-2-6-12-18)25-26-22(24-19)20-13-7-8-16-23-20/h1-13,16H. The molecule has 0 fully saturated rings. The van der Waals surface area contributed by atoms with Crippen molar-refractivity contribution in [1.29, 1.82) is 0 Å². The lowest BCUT2D eigenvalue weighted by atomic mass is 10.1. The summed E-state index contributed by atoms with van der Waals surface area (Å²) in [7, 11) is 0. The highest BCUT2D eigenvalue weighted by atomic mass is 15.2. The van der Waals surface area contributed by atoms with E-state index in [0.29, 0.717) is 22.9 Å². The molecule has 0 spiro atoms. The molecule has 0 saturated heterocycles. The summed E-state index contributed by atoms with van der Waals surface area (Å²) in [4.78, 5) is 8.92. The molecule has 4 heteroatoms. The summed E-state index contributed by atoms with van der Waals surface area (Å²) >= 11 is 0. The minimum atomic E-state index is 0.461. The van der Waals surface area contributed by atoms with Crippen molar-refractivity contribution in [3.8, 4) is 34.6 Å². The van der Waals surface area contributed by atoms with E-state index in [2.05, 4.69) is 32.0 Å². The average molecular weight is 334 g/mol. The van der Waals surface area contributed by atoms with Crippen LogP contribution in [-0.2, 0) is 0 Å². The molecule has 0 aliphatic carbocycles. The van der Waals surface area contributed by atoms with Crippen LogP contribution in [0.1, 0.15) is 11.3 Å². The highest BCUT2D eigenvalue weighted by molar-refractivity contribution is 5.66. The van der Waals surface area contributed by atoms with Crippen molar-refractivity contribution in [3.63, 3.8) is 0 Å². The number of pyridine rings is 1. The summed E-state index contributed by atoms with van der Waals surface area (Å²) in [6.45, 7) is 0. The number of rotatable bonds is 2. The van der Waals surface area contributed by atoms with Crippen LogP contribution in [0.2, 0.25) is 0 Å². The molecule has 0 bridgehead atoms. The molecule has 26 heavy (non-hydrogen) atoms. The Morgan fingerprint density at radius 1 is 0.654 bits per heavy atom. The fourth-order valence-corrected chi connectivity index (χ4v) is 2.46. The number of hydrogen-bond acceptors (Lipinski definition) is 4. The molecule has 0 amide bonds. The highest BCUT2D eigenvalue weighted by Gasteiger charge is 2.11. The normalized spacial score (nSPS) is 10.0. The molecule has 4 nitrogen and oxygen atoms in total. The van der Waals surface area contributed by atoms with E-state index in [-0.39, 0.29) is 0 Å². The van der Waals surface area contributed by atoms with E-state index in [9.17, 15) is 0 Å². The van der Waals surface area contributed by atoms with Gasteiger partial charge in [0.05, 0.1) is 0 Å². The molecule has 0 atom stereocenters. The van der Waals surface area contributed by atoms with Crippen molar-refractivity contribution in [3.05, 3.63) is 96.3 Å². The van der Waals surface area contributed by atoms with Gasteiger partial charge in [-0.15, -0.1) is 10.2 Å². The van der Waals surface area contributed by atoms with Crippen molar-refractivity contribution >= 4 is 0 Å². The topological polar surface area (TPSA) is 51.6 Å². The van der Waals surface area contributed by atoms with E-state index in [1.54, 1.807) is 6.20 Å². The summed E-state index contributed by atoms with van der Waals surface area (Å²) in [5.74, 6) is 6.76. The third-order valence-electron chi connectivity index (χ3n) is 3.73. The molecule has 0 unspecified atom stereocenters. The van der Waals surface area contributed by atoms with E-state index >= 15 is 0 Å². The maximum atomic E-state index is 4.62. The zero-order chi connectivity index (χ0) is 17.6. The molecule has 4 rings (SSSR count). The predicted octanol–water partition coefficient (Wildman–Crippen LogP) is 4.00. The zero-order valence-corrected chi connectivity index (χ0v) is 13.9. The number of nitrogens with zero attached hydrogens (tertiary/aromatic N) is 4. The molecule has 0 aliphatic rings. The van der Waals surface area contributed by atoms with Crippen molar-refractivity contribution in [1.82, 2.24) is 20.2 Å². The van der Waals surface area contributed by atoms with Gasteiger partial charge in [0, 0.05) is 17.3 Å². The second-order valence-corrected chi connectivity index (χ2v) is 5.53. The lowest BCUT2D eigenvalue weighted by Crippen LogP contribution is -2.01. The first-order valence-corrected chi connectivity index (χ1v) is 8.19. The molecule has 0 saturated carbocycles. The van der Waals surface area contributed by atoms with Crippen molar-refractivity contribution in [2.24, 2.45) is 0 Å². The summed E-state index contributed by atoms with van der Waals surface area (Å²) in [5.41, 5.74) is 3.76. The van der Waals surface area contributed by atoms with Gasteiger partial charge in [-0.1, -0.05) is 60.5 Å². The quantitative estimate of drug-likeness (QED) is 0.520. The molecule has 0 radical (unpaired) electrons. The maximum absolute atomic E-state index is 4.62. The Bertz CT molecular complexity index is 1070. The van der Waals surface area contributed by atoms with Crippen LogP contribution in [0, 0.1) is 11.8 Å².